The molecule has 2 aromatic rings. The summed E-state index contributed by atoms with van der Waals surface area (Å²) in [5.41, 5.74) is 2.25. The van der Waals surface area contributed by atoms with Gasteiger partial charge in [0.1, 0.15) is 0 Å². The van der Waals surface area contributed by atoms with E-state index in [9.17, 15) is 5.11 Å². The predicted molar refractivity (Wildman–Crippen MR) is 86.0 cm³/mol. The largest absolute Gasteiger partial charge is 0.388 e. The molecule has 0 spiro atoms. The van der Waals surface area contributed by atoms with Gasteiger partial charge in [0.05, 0.1) is 6.10 Å². The van der Waals surface area contributed by atoms with E-state index in [-0.39, 0.29) is 0 Å². The fourth-order valence-corrected chi connectivity index (χ4v) is 2.84. The molecule has 0 saturated heterocycles. The number of nitrogens with one attached hydrogen (secondary N) is 1. The van der Waals surface area contributed by atoms with Crippen LogP contribution in [-0.4, -0.2) is 17.9 Å². The molecule has 0 radical (unpaired) electrons. The average molecular weight is 287 g/mol. The molecule has 0 aliphatic heterocycles. The lowest BCUT2D eigenvalue weighted by molar-refractivity contribution is 0.204. The van der Waals surface area contributed by atoms with Gasteiger partial charge in [-0.25, -0.2) is 0 Å². The SMILES string of the molecule is CNC(C)c1ccc(SCC(O)c2ccccc2)cc1. The molecule has 2 N–H and O–H groups in total. The first-order chi connectivity index (χ1) is 9.70. The second kappa shape index (κ2) is 7.48. The van der Waals surface area contributed by atoms with Crippen molar-refractivity contribution < 1.29 is 5.11 Å². The normalized spacial score (nSPS) is 13.9. The fourth-order valence-electron chi connectivity index (χ4n) is 1.97. The van der Waals surface area contributed by atoms with Gasteiger partial charge < -0.3 is 10.4 Å². The Hall–Kier alpha value is -1.29. The van der Waals surface area contributed by atoms with E-state index in [1.54, 1.807) is 11.8 Å². The van der Waals surface area contributed by atoms with Gasteiger partial charge in [0.15, 0.2) is 0 Å². The van der Waals surface area contributed by atoms with Gasteiger partial charge in [0.2, 0.25) is 0 Å². The zero-order chi connectivity index (χ0) is 14.4. The van der Waals surface area contributed by atoms with Gasteiger partial charge in [0, 0.05) is 16.7 Å². The van der Waals surface area contributed by atoms with E-state index in [1.807, 2.05) is 37.4 Å². The van der Waals surface area contributed by atoms with Crippen LogP contribution in [0.1, 0.15) is 30.2 Å². The molecule has 3 heteroatoms. The second-order valence-electron chi connectivity index (χ2n) is 4.82. The number of hydrogen-bond acceptors (Lipinski definition) is 3. The van der Waals surface area contributed by atoms with E-state index >= 15 is 0 Å². The molecule has 0 aliphatic carbocycles. The molecular formula is C17H21NOS. The molecule has 2 rings (SSSR count). The predicted octanol–water partition coefficient (Wildman–Crippen LogP) is 3.79. The van der Waals surface area contributed by atoms with Crippen molar-refractivity contribution in [1.82, 2.24) is 5.32 Å². The Labute approximate surface area is 125 Å². The van der Waals surface area contributed by atoms with Gasteiger partial charge >= 0.3 is 0 Å². The highest BCUT2D eigenvalue weighted by Gasteiger charge is 2.08. The number of rotatable bonds is 6. The van der Waals surface area contributed by atoms with Crippen molar-refractivity contribution in [3.8, 4) is 0 Å². The third-order valence-electron chi connectivity index (χ3n) is 3.41. The van der Waals surface area contributed by atoms with Crippen molar-refractivity contribution in [2.24, 2.45) is 0 Å². The van der Waals surface area contributed by atoms with Crippen molar-refractivity contribution in [2.75, 3.05) is 12.8 Å². The topological polar surface area (TPSA) is 32.3 Å². The van der Waals surface area contributed by atoms with Crippen LogP contribution in [0.3, 0.4) is 0 Å². The minimum atomic E-state index is -0.419. The first-order valence-corrected chi connectivity index (χ1v) is 7.82. The van der Waals surface area contributed by atoms with Crippen LogP contribution in [0.15, 0.2) is 59.5 Å². The Morgan fingerprint density at radius 1 is 1.00 bits per heavy atom. The van der Waals surface area contributed by atoms with E-state index in [0.717, 1.165) is 5.56 Å². The van der Waals surface area contributed by atoms with Crippen LogP contribution < -0.4 is 5.32 Å². The molecule has 2 nitrogen and oxygen atoms in total. The molecule has 106 valence electrons. The monoisotopic (exact) mass is 287 g/mol. The van der Waals surface area contributed by atoms with Crippen molar-refractivity contribution in [1.29, 1.82) is 0 Å². The van der Waals surface area contributed by atoms with E-state index in [0.29, 0.717) is 11.8 Å². The summed E-state index contributed by atoms with van der Waals surface area (Å²) in [5, 5.41) is 13.4. The van der Waals surface area contributed by atoms with Gasteiger partial charge in [-0.3, -0.25) is 0 Å². The molecule has 20 heavy (non-hydrogen) atoms. The smallest absolute Gasteiger partial charge is 0.0883 e. The highest BCUT2D eigenvalue weighted by Crippen LogP contribution is 2.25. The highest BCUT2D eigenvalue weighted by atomic mass is 32.2. The number of thioether (sulfide) groups is 1. The molecule has 0 saturated carbocycles. The molecule has 0 bridgehead atoms. The summed E-state index contributed by atoms with van der Waals surface area (Å²) in [6, 6.07) is 18.7. The number of aliphatic hydroxyl groups excluding tert-OH is 1. The van der Waals surface area contributed by atoms with Crippen LogP contribution in [0.4, 0.5) is 0 Å². The number of hydrogen-bond donors (Lipinski definition) is 2. The van der Waals surface area contributed by atoms with Crippen molar-refractivity contribution in [2.45, 2.75) is 24.0 Å². The molecule has 0 fully saturated rings. The maximum Gasteiger partial charge on any atom is 0.0883 e. The van der Waals surface area contributed by atoms with E-state index in [4.69, 9.17) is 0 Å². The van der Waals surface area contributed by atoms with Gasteiger partial charge in [-0.15, -0.1) is 11.8 Å². The molecule has 0 amide bonds. The number of benzene rings is 2. The van der Waals surface area contributed by atoms with Crippen molar-refractivity contribution >= 4 is 11.8 Å². The lowest BCUT2D eigenvalue weighted by Gasteiger charge is -2.12. The van der Waals surface area contributed by atoms with E-state index in [2.05, 4.69) is 36.5 Å². The van der Waals surface area contributed by atoms with Gasteiger partial charge in [-0.1, -0.05) is 42.5 Å². The molecule has 2 unspecified atom stereocenters. The summed E-state index contributed by atoms with van der Waals surface area (Å²) < 4.78 is 0. The summed E-state index contributed by atoms with van der Waals surface area (Å²) in [5.74, 6) is 0.672. The Balaban J connectivity index is 1.91. The highest BCUT2D eigenvalue weighted by molar-refractivity contribution is 7.99. The van der Waals surface area contributed by atoms with Crippen LogP contribution >= 0.6 is 11.8 Å². The minimum Gasteiger partial charge on any atom is -0.388 e. The maximum atomic E-state index is 10.1. The lowest BCUT2D eigenvalue weighted by Crippen LogP contribution is -2.11. The first kappa shape index (κ1) is 15.1. The minimum absolute atomic E-state index is 0.365. The average Bonchev–Trinajstić information content (AvgIpc) is 2.53. The van der Waals surface area contributed by atoms with Crippen molar-refractivity contribution in [3.05, 3.63) is 65.7 Å². The molecule has 0 aliphatic rings. The lowest BCUT2D eigenvalue weighted by atomic mass is 10.1. The Morgan fingerprint density at radius 3 is 2.25 bits per heavy atom. The van der Waals surface area contributed by atoms with E-state index in [1.165, 1.54) is 10.5 Å². The molecular weight excluding hydrogens is 266 g/mol. The first-order valence-electron chi connectivity index (χ1n) is 6.83. The second-order valence-corrected chi connectivity index (χ2v) is 5.91. The van der Waals surface area contributed by atoms with Crippen LogP contribution in [-0.2, 0) is 0 Å². The van der Waals surface area contributed by atoms with Crippen LogP contribution in [0, 0.1) is 0 Å². The van der Waals surface area contributed by atoms with E-state index < -0.39 is 6.10 Å². The third kappa shape index (κ3) is 4.10. The molecule has 2 aromatic carbocycles. The number of aliphatic hydroxyl groups is 1. The van der Waals surface area contributed by atoms with Crippen molar-refractivity contribution in [3.63, 3.8) is 0 Å². The Bertz CT molecular complexity index is 512. The fraction of sp³-hybridized carbons (Fsp3) is 0.294. The maximum absolute atomic E-state index is 10.1. The third-order valence-corrected chi connectivity index (χ3v) is 4.49. The van der Waals surface area contributed by atoms with Gasteiger partial charge in [-0.2, -0.15) is 0 Å². The zero-order valence-corrected chi connectivity index (χ0v) is 12.7. The molecule has 0 aromatic heterocycles. The molecule has 2 atom stereocenters. The van der Waals surface area contributed by atoms with Crippen LogP contribution in [0.25, 0.3) is 0 Å². The quantitative estimate of drug-likeness (QED) is 0.793. The Kier molecular flexibility index (Phi) is 5.65. The van der Waals surface area contributed by atoms with Crippen LogP contribution in [0.2, 0.25) is 0 Å². The standard InChI is InChI=1S/C17H21NOS/c1-13(18-2)14-8-10-16(11-9-14)20-12-17(19)15-6-4-3-5-7-15/h3-11,13,17-19H,12H2,1-2H3. The summed E-state index contributed by atoms with van der Waals surface area (Å²) in [4.78, 5) is 1.19. The van der Waals surface area contributed by atoms with Gasteiger partial charge in [-0.05, 0) is 37.2 Å². The summed E-state index contributed by atoms with van der Waals surface area (Å²) in [6.07, 6.45) is -0.419. The summed E-state index contributed by atoms with van der Waals surface area (Å²) in [7, 11) is 1.96. The van der Waals surface area contributed by atoms with Gasteiger partial charge in [0.25, 0.3) is 0 Å². The summed E-state index contributed by atoms with van der Waals surface area (Å²) >= 11 is 1.68. The molecule has 0 heterocycles. The Morgan fingerprint density at radius 2 is 1.65 bits per heavy atom. The zero-order valence-electron chi connectivity index (χ0n) is 11.9. The van der Waals surface area contributed by atoms with Crippen LogP contribution in [0.5, 0.6) is 0 Å². The summed E-state index contributed by atoms with van der Waals surface area (Å²) in [6.45, 7) is 2.14.